The zero-order chi connectivity index (χ0) is 27.1. The molecule has 0 fully saturated rings. The summed E-state index contributed by atoms with van der Waals surface area (Å²) in [7, 11) is 4.71. The van der Waals surface area contributed by atoms with Gasteiger partial charge in [-0.15, -0.1) is 28.3 Å². The molecule has 0 bridgehead atoms. The van der Waals surface area contributed by atoms with E-state index in [2.05, 4.69) is 15.4 Å². The molecule has 0 unspecified atom stereocenters. The third-order valence-electron chi connectivity index (χ3n) is 5.45. The number of methoxy groups -OCH3 is 3. The number of nitrogens with one attached hydrogen (secondary N) is 1. The maximum atomic E-state index is 11.2. The van der Waals surface area contributed by atoms with Gasteiger partial charge in [0.1, 0.15) is 23.9 Å². The molecule has 0 amide bonds. The number of rotatable bonds is 8. The van der Waals surface area contributed by atoms with Crippen LogP contribution in [0.15, 0.2) is 67.3 Å². The zero-order valence-electron chi connectivity index (χ0n) is 20.8. The molecule has 5 rings (SSSR count). The van der Waals surface area contributed by atoms with Crippen molar-refractivity contribution in [2.24, 2.45) is 0 Å². The summed E-state index contributed by atoms with van der Waals surface area (Å²) in [5, 5.41) is 8.05. The molecule has 10 nitrogen and oxygen atoms in total. The molecule has 3 aromatic heterocycles. The molecule has 0 spiro atoms. The lowest BCUT2D eigenvalue weighted by Gasteiger charge is -2.14. The quantitative estimate of drug-likeness (QED) is 0.195. The zero-order valence-corrected chi connectivity index (χ0v) is 22.3. The SMILES string of the molecule is COc1cc(-n2cnc(Nc3nc(-c4cccc(C=O)c4)nn4cccc34)c2)cc(OC)c1OC.ClCCl. The minimum atomic E-state index is 0.194. The van der Waals surface area contributed by atoms with Crippen LogP contribution in [0.2, 0.25) is 0 Å². The maximum absolute atomic E-state index is 11.2. The molecule has 0 aliphatic heterocycles. The lowest BCUT2D eigenvalue weighted by Crippen LogP contribution is -2.03. The predicted octanol–water partition coefficient (Wildman–Crippen LogP) is 5.59. The largest absolute Gasteiger partial charge is 0.493 e. The summed E-state index contributed by atoms with van der Waals surface area (Å²) < 4.78 is 19.9. The van der Waals surface area contributed by atoms with E-state index >= 15 is 0 Å². The van der Waals surface area contributed by atoms with E-state index in [9.17, 15) is 4.79 Å². The predicted molar refractivity (Wildman–Crippen MR) is 147 cm³/mol. The van der Waals surface area contributed by atoms with Gasteiger partial charge in [0, 0.05) is 29.5 Å². The van der Waals surface area contributed by atoms with E-state index in [4.69, 9.17) is 42.4 Å². The number of ether oxygens (including phenoxy) is 3. The number of benzene rings is 2. The van der Waals surface area contributed by atoms with E-state index in [-0.39, 0.29) is 5.34 Å². The molecule has 12 heteroatoms. The summed E-state index contributed by atoms with van der Waals surface area (Å²) in [6.07, 6.45) is 6.14. The van der Waals surface area contributed by atoms with Crippen LogP contribution in [0, 0.1) is 0 Å². The van der Waals surface area contributed by atoms with E-state index in [0.717, 1.165) is 23.1 Å². The van der Waals surface area contributed by atoms with Gasteiger partial charge in [0.15, 0.2) is 23.1 Å². The van der Waals surface area contributed by atoms with Crippen molar-refractivity contribution < 1.29 is 19.0 Å². The molecular formula is C26H24Cl2N6O4. The summed E-state index contributed by atoms with van der Waals surface area (Å²) >= 11 is 9.53. The van der Waals surface area contributed by atoms with Crippen molar-refractivity contribution in [3.63, 3.8) is 0 Å². The summed E-state index contributed by atoms with van der Waals surface area (Å²) in [4.78, 5) is 20.4. The number of hydrogen-bond donors (Lipinski definition) is 1. The first-order valence-electron chi connectivity index (χ1n) is 11.2. The van der Waals surface area contributed by atoms with Crippen molar-refractivity contribution in [2.45, 2.75) is 0 Å². The van der Waals surface area contributed by atoms with Crippen LogP contribution in [-0.4, -0.2) is 57.1 Å². The topological polar surface area (TPSA) is 105 Å². The Labute approximate surface area is 228 Å². The second-order valence-electron chi connectivity index (χ2n) is 7.64. The number of carbonyl (C=O) groups is 1. The number of anilines is 2. The smallest absolute Gasteiger partial charge is 0.203 e. The Morgan fingerprint density at radius 1 is 1.00 bits per heavy atom. The first kappa shape index (κ1) is 26.8. The number of carbonyl (C=O) groups excluding carboxylic acids is 1. The number of nitrogens with zero attached hydrogens (tertiary/aromatic N) is 5. The van der Waals surface area contributed by atoms with Gasteiger partial charge in [-0.1, -0.05) is 18.2 Å². The molecule has 0 aliphatic rings. The first-order valence-corrected chi connectivity index (χ1v) is 12.3. The highest BCUT2D eigenvalue weighted by Crippen LogP contribution is 2.39. The van der Waals surface area contributed by atoms with E-state index in [1.807, 2.05) is 47.3 Å². The van der Waals surface area contributed by atoms with E-state index in [1.165, 1.54) is 0 Å². The van der Waals surface area contributed by atoms with Crippen molar-refractivity contribution in [3.05, 3.63) is 72.8 Å². The van der Waals surface area contributed by atoms with E-state index in [1.54, 1.807) is 50.4 Å². The molecule has 0 atom stereocenters. The lowest BCUT2D eigenvalue weighted by molar-refractivity contribution is 0.112. The van der Waals surface area contributed by atoms with Crippen LogP contribution in [0.1, 0.15) is 10.4 Å². The molecule has 0 radical (unpaired) electrons. The van der Waals surface area contributed by atoms with Gasteiger partial charge >= 0.3 is 0 Å². The Hall–Kier alpha value is -4.28. The minimum Gasteiger partial charge on any atom is -0.493 e. The van der Waals surface area contributed by atoms with Crippen LogP contribution >= 0.6 is 23.2 Å². The van der Waals surface area contributed by atoms with Gasteiger partial charge in [0.2, 0.25) is 5.75 Å². The Morgan fingerprint density at radius 3 is 2.39 bits per heavy atom. The lowest BCUT2D eigenvalue weighted by atomic mass is 10.1. The Kier molecular flexibility index (Phi) is 8.67. The van der Waals surface area contributed by atoms with Gasteiger partial charge in [0.25, 0.3) is 0 Å². The highest BCUT2D eigenvalue weighted by Gasteiger charge is 2.15. The van der Waals surface area contributed by atoms with Crippen LogP contribution < -0.4 is 19.5 Å². The fraction of sp³-hybridized carbons (Fsp3) is 0.154. The van der Waals surface area contributed by atoms with Crippen LogP contribution in [0.5, 0.6) is 17.2 Å². The maximum Gasteiger partial charge on any atom is 0.203 e. The Balaban J connectivity index is 0.00000107. The molecule has 0 saturated carbocycles. The van der Waals surface area contributed by atoms with E-state index in [0.29, 0.717) is 40.3 Å². The van der Waals surface area contributed by atoms with Crippen LogP contribution in [0.3, 0.4) is 0 Å². The number of imidazole rings is 1. The average molecular weight is 555 g/mol. The third-order valence-corrected chi connectivity index (χ3v) is 5.45. The Morgan fingerprint density at radius 2 is 1.74 bits per heavy atom. The summed E-state index contributed by atoms with van der Waals surface area (Å²) in [5.74, 6) is 3.22. The van der Waals surface area contributed by atoms with Gasteiger partial charge < -0.3 is 24.1 Å². The molecule has 1 N–H and O–H groups in total. The van der Waals surface area contributed by atoms with Crippen molar-refractivity contribution in [1.82, 2.24) is 24.1 Å². The fourth-order valence-electron chi connectivity index (χ4n) is 3.77. The third kappa shape index (κ3) is 5.66. The highest BCUT2D eigenvalue weighted by molar-refractivity contribution is 6.40. The van der Waals surface area contributed by atoms with Gasteiger partial charge in [-0.2, -0.15) is 0 Å². The monoisotopic (exact) mass is 554 g/mol. The molecule has 196 valence electrons. The van der Waals surface area contributed by atoms with Crippen molar-refractivity contribution in [2.75, 3.05) is 32.0 Å². The number of aromatic nitrogens is 5. The number of halogens is 2. The average Bonchev–Trinajstić information content (AvgIpc) is 3.62. The second-order valence-corrected chi connectivity index (χ2v) is 8.45. The first-order chi connectivity index (χ1) is 18.5. The van der Waals surface area contributed by atoms with Crippen molar-refractivity contribution in [1.29, 1.82) is 0 Å². The van der Waals surface area contributed by atoms with Gasteiger partial charge in [-0.25, -0.2) is 14.5 Å². The van der Waals surface area contributed by atoms with Crippen molar-refractivity contribution >= 4 is 46.6 Å². The standard InChI is InChI=1S/C25H22N6O4.CH2Cl2/c1-33-20-11-18(12-21(34-2)23(20)35-3)30-13-22(26-15-30)27-25-19-8-5-9-31(19)29-24(28-25)17-7-4-6-16(10-17)14-32;2-1-3/h4-15H,1-3H3,(H,27,28,29);1H2. The second kappa shape index (κ2) is 12.3. The van der Waals surface area contributed by atoms with Crippen LogP contribution in [0.25, 0.3) is 22.6 Å². The number of fused-ring (bicyclic) bond motifs is 1. The summed E-state index contributed by atoms with van der Waals surface area (Å²) in [6.45, 7) is 0. The van der Waals surface area contributed by atoms with Crippen LogP contribution in [0.4, 0.5) is 11.6 Å². The van der Waals surface area contributed by atoms with E-state index < -0.39 is 0 Å². The fourth-order valence-corrected chi connectivity index (χ4v) is 3.77. The number of aldehydes is 1. The normalized spacial score (nSPS) is 10.4. The van der Waals surface area contributed by atoms with Gasteiger partial charge in [0.05, 0.1) is 38.6 Å². The molecule has 2 aromatic carbocycles. The Bertz CT molecular complexity index is 1530. The number of alkyl halides is 2. The molecule has 5 aromatic rings. The summed E-state index contributed by atoms with van der Waals surface area (Å²) in [5.41, 5.74) is 2.85. The molecule has 3 heterocycles. The molecule has 0 saturated heterocycles. The highest BCUT2D eigenvalue weighted by atomic mass is 35.5. The van der Waals surface area contributed by atoms with Gasteiger partial charge in [-0.3, -0.25) is 4.79 Å². The number of hydrogen-bond acceptors (Lipinski definition) is 8. The summed E-state index contributed by atoms with van der Waals surface area (Å²) in [6, 6.07) is 14.6. The van der Waals surface area contributed by atoms with Crippen molar-refractivity contribution in [3.8, 4) is 34.3 Å². The van der Waals surface area contributed by atoms with Gasteiger partial charge in [-0.05, 0) is 18.2 Å². The molecule has 38 heavy (non-hydrogen) atoms. The molecule has 0 aliphatic carbocycles. The minimum absolute atomic E-state index is 0.194. The van der Waals surface area contributed by atoms with Crippen LogP contribution in [-0.2, 0) is 0 Å². The molecular weight excluding hydrogens is 531 g/mol.